The molecule has 0 N–H and O–H groups in total. The molecule has 0 radical (unpaired) electrons. The molecule has 36 heavy (non-hydrogen) atoms. The smallest absolute Gasteiger partial charge is 0.261 e. The SMILES string of the molecule is Clc1ccccc1-c1nc(-c2ccccc2)c(-c2ccccc2)n1C1(c2ccccc2Cl)N=CC=N1. The number of benzene rings is 4. The van der Waals surface area contributed by atoms with Gasteiger partial charge in [0.25, 0.3) is 5.79 Å². The van der Waals surface area contributed by atoms with Crippen molar-refractivity contribution in [1.29, 1.82) is 0 Å². The maximum absolute atomic E-state index is 6.79. The van der Waals surface area contributed by atoms with Gasteiger partial charge >= 0.3 is 0 Å². The summed E-state index contributed by atoms with van der Waals surface area (Å²) in [5, 5.41) is 1.15. The molecule has 0 amide bonds. The molecule has 5 aromatic rings. The second kappa shape index (κ2) is 9.23. The summed E-state index contributed by atoms with van der Waals surface area (Å²) in [5.74, 6) is -0.549. The van der Waals surface area contributed by atoms with Gasteiger partial charge in [0.1, 0.15) is 5.82 Å². The van der Waals surface area contributed by atoms with Crippen LogP contribution in [0.2, 0.25) is 10.0 Å². The van der Waals surface area contributed by atoms with Crippen LogP contribution in [0.5, 0.6) is 0 Å². The minimum Gasteiger partial charge on any atom is -0.275 e. The molecule has 0 spiro atoms. The van der Waals surface area contributed by atoms with Gasteiger partial charge in [-0.1, -0.05) is 114 Å². The Bertz CT molecular complexity index is 1590. The Morgan fingerprint density at radius 3 is 1.78 bits per heavy atom. The summed E-state index contributed by atoms with van der Waals surface area (Å²) in [6, 6.07) is 35.6. The highest BCUT2D eigenvalue weighted by Gasteiger charge is 2.42. The molecule has 0 fully saturated rings. The first kappa shape index (κ1) is 22.5. The number of hydrogen-bond acceptors (Lipinski definition) is 3. The molecule has 1 aliphatic rings. The highest BCUT2D eigenvalue weighted by molar-refractivity contribution is 6.33. The minimum absolute atomic E-state index is 0.563. The van der Waals surface area contributed by atoms with Gasteiger partial charge in [-0.2, -0.15) is 0 Å². The molecule has 1 aliphatic heterocycles. The Kier molecular flexibility index (Phi) is 5.76. The summed E-state index contributed by atoms with van der Waals surface area (Å²) >= 11 is 13.5. The van der Waals surface area contributed by atoms with Gasteiger partial charge < -0.3 is 0 Å². The van der Waals surface area contributed by atoms with Gasteiger partial charge in [-0.25, -0.2) is 15.0 Å². The van der Waals surface area contributed by atoms with Crippen molar-refractivity contribution in [3.05, 3.63) is 125 Å². The van der Waals surface area contributed by atoms with Crippen molar-refractivity contribution in [2.45, 2.75) is 5.79 Å². The fourth-order valence-electron chi connectivity index (χ4n) is 4.62. The van der Waals surface area contributed by atoms with Crippen molar-refractivity contribution in [2.75, 3.05) is 0 Å². The van der Waals surface area contributed by atoms with E-state index in [2.05, 4.69) is 28.8 Å². The second-order valence-corrected chi connectivity index (χ2v) is 9.17. The van der Waals surface area contributed by atoms with Crippen LogP contribution in [0.15, 0.2) is 119 Å². The molecule has 0 unspecified atom stereocenters. The lowest BCUT2D eigenvalue weighted by atomic mass is 10.0. The Morgan fingerprint density at radius 1 is 0.583 bits per heavy atom. The van der Waals surface area contributed by atoms with E-state index in [9.17, 15) is 0 Å². The van der Waals surface area contributed by atoms with Crippen LogP contribution < -0.4 is 0 Å². The third kappa shape index (κ3) is 3.67. The molecule has 0 saturated carbocycles. The first-order valence-corrected chi connectivity index (χ1v) is 12.3. The Morgan fingerprint density at radius 2 is 1.14 bits per heavy atom. The predicted octanol–water partition coefficient (Wildman–Crippen LogP) is 8.00. The average Bonchev–Trinajstić information content (AvgIpc) is 3.57. The molecular weight excluding hydrogens is 487 g/mol. The number of nitrogens with zero attached hydrogens (tertiary/aromatic N) is 4. The van der Waals surface area contributed by atoms with Crippen LogP contribution >= 0.6 is 23.2 Å². The molecule has 174 valence electrons. The summed E-state index contributed by atoms with van der Waals surface area (Å²) < 4.78 is 2.06. The first-order chi connectivity index (χ1) is 17.7. The molecule has 4 aromatic carbocycles. The van der Waals surface area contributed by atoms with E-state index < -0.39 is 5.79 Å². The minimum atomic E-state index is -1.20. The normalized spacial score (nSPS) is 13.8. The Hall–Kier alpha value is -3.99. The van der Waals surface area contributed by atoms with Gasteiger partial charge in [0.15, 0.2) is 0 Å². The monoisotopic (exact) mass is 506 g/mol. The number of aromatic nitrogens is 2. The van der Waals surface area contributed by atoms with E-state index in [1.807, 2.05) is 84.9 Å². The quantitative estimate of drug-likeness (QED) is 0.238. The van der Waals surface area contributed by atoms with Crippen LogP contribution in [-0.2, 0) is 5.79 Å². The maximum Gasteiger partial charge on any atom is 0.261 e. The van der Waals surface area contributed by atoms with E-state index in [1.54, 1.807) is 12.4 Å². The van der Waals surface area contributed by atoms with Gasteiger partial charge in [-0.05, 0) is 18.2 Å². The molecule has 6 heteroatoms. The topological polar surface area (TPSA) is 42.5 Å². The lowest BCUT2D eigenvalue weighted by Gasteiger charge is -2.30. The third-order valence-corrected chi connectivity index (χ3v) is 6.87. The van der Waals surface area contributed by atoms with E-state index in [0.717, 1.165) is 33.6 Å². The van der Waals surface area contributed by atoms with Crippen LogP contribution in [0.25, 0.3) is 33.9 Å². The molecule has 4 nitrogen and oxygen atoms in total. The van der Waals surface area contributed by atoms with Crippen LogP contribution in [0.1, 0.15) is 5.56 Å². The number of imidazole rings is 1. The zero-order valence-electron chi connectivity index (χ0n) is 19.1. The molecule has 2 heterocycles. The highest BCUT2D eigenvalue weighted by atomic mass is 35.5. The van der Waals surface area contributed by atoms with Crippen molar-refractivity contribution < 1.29 is 0 Å². The van der Waals surface area contributed by atoms with E-state index in [-0.39, 0.29) is 0 Å². The van der Waals surface area contributed by atoms with Gasteiger partial charge in [0.2, 0.25) is 0 Å². The van der Waals surface area contributed by atoms with Crippen LogP contribution in [-0.4, -0.2) is 22.0 Å². The average molecular weight is 507 g/mol. The van der Waals surface area contributed by atoms with Gasteiger partial charge in [-0.15, -0.1) is 0 Å². The molecule has 0 aliphatic carbocycles. The van der Waals surface area contributed by atoms with E-state index in [4.69, 9.17) is 38.2 Å². The molecule has 1 aromatic heterocycles. The van der Waals surface area contributed by atoms with Crippen molar-refractivity contribution in [1.82, 2.24) is 9.55 Å². The summed E-state index contributed by atoms with van der Waals surface area (Å²) in [5.41, 5.74) is 5.16. The summed E-state index contributed by atoms with van der Waals surface area (Å²) in [4.78, 5) is 15.1. The fourth-order valence-corrected chi connectivity index (χ4v) is 5.11. The molecule has 0 bridgehead atoms. The molecule has 0 atom stereocenters. The Labute approximate surface area is 219 Å². The number of halogens is 2. The predicted molar refractivity (Wildman–Crippen MR) is 149 cm³/mol. The van der Waals surface area contributed by atoms with Crippen molar-refractivity contribution >= 4 is 35.6 Å². The largest absolute Gasteiger partial charge is 0.275 e. The standard InChI is InChI=1S/C30H20Cl2N4/c31-25-17-9-7-15-23(25)29-35-27(21-11-3-1-4-12-21)28(22-13-5-2-6-14-22)36(29)30(33-19-20-34-30)24-16-8-10-18-26(24)32/h1-20H. The fraction of sp³-hybridized carbons (Fsp3) is 0.0333. The Balaban J connectivity index is 1.80. The zero-order chi connectivity index (χ0) is 24.5. The van der Waals surface area contributed by atoms with E-state index in [1.165, 1.54) is 0 Å². The highest BCUT2D eigenvalue weighted by Crippen LogP contribution is 2.46. The second-order valence-electron chi connectivity index (χ2n) is 8.35. The number of hydrogen-bond donors (Lipinski definition) is 0. The number of aliphatic imine (C=N–C) groups is 2. The van der Waals surface area contributed by atoms with Crippen LogP contribution in [0.3, 0.4) is 0 Å². The number of rotatable bonds is 5. The lowest BCUT2D eigenvalue weighted by molar-refractivity contribution is 0.410. The zero-order valence-corrected chi connectivity index (χ0v) is 20.6. The van der Waals surface area contributed by atoms with Crippen LogP contribution in [0, 0.1) is 0 Å². The van der Waals surface area contributed by atoms with E-state index in [0.29, 0.717) is 15.9 Å². The summed E-state index contributed by atoms with van der Waals surface area (Å²) in [6.07, 6.45) is 3.41. The van der Waals surface area contributed by atoms with Crippen molar-refractivity contribution in [3.8, 4) is 33.9 Å². The van der Waals surface area contributed by atoms with Gasteiger partial charge in [-0.3, -0.25) is 4.57 Å². The molecule has 0 saturated heterocycles. The molecular formula is C30H20Cl2N4. The van der Waals surface area contributed by atoms with Crippen molar-refractivity contribution in [3.63, 3.8) is 0 Å². The first-order valence-electron chi connectivity index (χ1n) is 11.5. The van der Waals surface area contributed by atoms with Crippen molar-refractivity contribution in [2.24, 2.45) is 9.98 Å². The summed E-state index contributed by atoms with van der Waals surface area (Å²) in [7, 11) is 0. The summed E-state index contributed by atoms with van der Waals surface area (Å²) in [6.45, 7) is 0. The van der Waals surface area contributed by atoms with Gasteiger partial charge in [0, 0.05) is 34.7 Å². The van der Waals surface area contributed by atoms with Crippen LogP contribution in [0.4, 0.5) is 0 Å². The third-order valence-electron chi connectivity index (χ3n) is 6.21. The lowest BCUT2D eigenvalue weighted by Crippen LogP contribution is -2.31. The molecule has 6 rings (SSSR count). The van der Waals surface area contributed by atoms with E-state index >= 15 is 0 Å². The maximum atomic E-state index is 6.79. The van der Waals surface area contributed by atoms with Gasteiger partial charge in [0.05, 0.1) is 21.4 Å².